The van der Waals surface area contributed by atoms with Crippen molar-refractivity contribution in [3.05, 3.63) is 117 Å². The van der Waals surface area contributed by atoms with Crippen molar-refractivity contribution >= 4 is 88.5 Å². The molecule has 0 aromatic carbocycles. The van der Waals surface area contributed by atoms with Crippen LogP contribution in [0.2, 0.25) is 0 Å². The number of nitrogens with one attached hydrogen (secondary N) is 5. The summed E-state index contributed by atoms with van der Waals surface area (Å²) in [6, 6.07) is 22.2. The molecule has 7 amide bonds. The first-order chi connectivity index (χ1) is 69.4. The molecule has 15 aliphatic rings. The Morgan fingerprint density at radius 1 is 0.273 bits per heavy atom. The first-order valence-electron chi connectivity index (χ1n) is 54.0. The highest BCUT2D eigenvalue weighted by atomic mass is 16.4. The highest BCUT2D eigenvalue weighted by molar-refractivity contribution is 5.81. The van der Waals surface area contributed by atoms with Crippen LogP contribution in [0.5, 0.6) is 0 Å². The van der Waals surface area contributed by atoms with Crippen LogP contribution in [0.4, 0.5) is 38.7 Å². The SMILES string of the molecule is CC(=O)CN1CCN(C(=O)N2CCC(c3ccc4c(n3)NCCC4)CC2)CC1.O=C(O)CN1CCC(C(=O)N2CCC(Cc3ccc4c(n3)NCCC4)CC2)CC1.O=C(O)CN1CCC(C(=O)N2CCC(c3ccc4c(n3)NCCC4)CC2)CC1.O=C(O)CN1CCC(C(=O)N2CCCC(Cc3ccc4c(n3)NCCC4)C2)CC1.O=C(O)CN1CCN(C(=O)N2CCC(Cc3ccc4c(n3)NCCC4)CC2)CC1. The number of amides is 7. The molecule has 5 aromatic rings. The van der Waals surface area contributed by atoms with Gasteiger partial charge in [0.05, 0.1) is 32.7 Å². The summed E-state index contributed by atoms with van der Waals surface area (Å²) in [5, 5.41) is 52.7. The zero-order valence-electron chi connectivity index (χ0n) is 84.4. The van der Waals surface area contributed by atoms with Gasteiger partial charge < -0.3 is 81.3 Å². The van der Waals surface area contributed by atoms with Gasteiger partial charge in [0.1, 0.15) is 34.9 Å². The van der Waals surface area contributed by atoms with E-state index in [-0.39, 0.29) is 79.5 Å². The standard InChI is InChI=1S/2C22H32N4O3.C21H31N5O3.C21H31N5O2.C21H30N4O3/c27-20(28)15-25-11-7-18(8-12-25)22(29)26-10-2-3-16(14-26)13-19-6-5-17-4-1-9-23-21(17)24-19;27-20(28)15-25-10-7-18(8-11-25)22(29)26-12-5-16(6-13-26)14-19-4-3-17-2-1-9-23-21(17)24-19;27-19(28)15-24-10-12-26(13-11-24)21(29)25-8-5-16(6-9-25)14-18-4-3-17-2-1-7-22-20(17)23-18;1-16(27)15-24-11-13-26(14-12-24)21(28)25-9-6-17(7-10-25)19-5-4-18-3-2-8-22-20(18)23-19;26-19(27)14-24-10-5-17(6-11-24)21(28)25-12-7-15(8-13-25)18-4-3-16-2-1-9-22-20(16)23-18/h5-6,16,18H,1-4,7-15H2,(H,23,24)(H,27,28);3-4,16,18H,1-2,5-15H2,(H,23,24)(H,27,28);3-4,16H,1-2,5-15H2,(H,22,23)(H,27,28);4-5,17H,2-3,6-15H2,1H3,(H,22,23);3-4,15,17H,1-2,5-14H2,(H,22,23)(H,26,27). The molecule has 20 heterocycles. The predicted molar refractivity (Wildman–Crippen MR) is 547 cm³/mol. The Balaban J connectivity index is 0.000000128. The van der Waals surface area contributed by atoms with E-state index >= 15 is 0 Å². The van der Waals surface area contributed by atoms with E-state index in [0.717, 1.165) is 323 Å². The lowest BCUT2D eigenvalue weighted by Crippen LogP contribution is -2.54. The number of rotatable bonds is 21. The van der Waals surface area contributed by atoms with E-state index < -0.39 is 23.9 Å². The quantitative estimate of drug-likeness (QED) is 0.0330. The van der Waals surface area contributed by atoms with Gasteiger partial charge in [-0.2, -0.15) is 0 Å². The number of aliphatic carboxylic acids is 4. The Kier molecular flexibility index (Phi) is 37.9. The summed E-state index contributed by atoms with van der Waals surface area (Å²) in [5.74, 6) is 5.73. The van der Waals surface area contributed by atoms with Gasteiger partial charge in [0.25, 0.3) is 0 Å². The number of likely N-dealkylation sites (tertiary alicyclic amines) is 8. The lowest BCUT2D eigenvalue weighted by molar-refractivity contribution is -0.142. The molecule has 778 valence electrons. The van der Waals surface area contributed by atoms with Crippen LogP contribution in [0.3, 0.4) is 0 Å². The number of hydrogen-bond acceptors (Lipinski definition) is 25. The Morgan fingerprint density at radius 2 is 0.545 bits per heavy atom. The fourth-order valence-corrected chi connectivity index (χ4v) is 23.8. The third-order valence-electron chi connectivity index (χ3n) is 32.2. The molecule has 9 N–H and O–H groups in total. The average Bonchev–Trinajstić information content (AvgIpc) is 0.817. The first kappa shape index (κ1) is 105. The number of nitrogens with zero attached hydrogens (tertiary/aromatic N) is 17. The maximum absolute atomic E-state index is 13.0. The van der Waals surface area contributed by atoms with Gasteiger partial charge in [0, 0.05) is 209 Å². The predicted octanol–water partition coefficient (Wildman–Crippen LogP) is 9.44. The molecular weight excluding hydrogens is 1820 g/mol. The topological polar surface area (TPSA) is 415 Å². The van der Waals surface area contributed by atoms with Gasteiger partial charge in [-0.3, -0.25) is 62.9 Å². The highest BCUT2D eigenvalue weighted by Crippen LogP contribution is 2.37. The summed E-state index contributed by atoms with van der Waals surface area (Å²) in [6.07, 6.45) is 29.1. The number of pyridine rings is 5. The van der Waals surface area contributed by atoms with E-state index in [2.05, 4.69) is 97.0 Å². The minimum atomic E-state index is -0.809. The fraction of sp³-hybridized carbons (Fsp3) is 0.673. The first-order valence-corrected chi connectivity index (χ1v) is 54.0. The monoisotopic (exact) mass is 1970 g/mol. The van der Waals surface area contributed by atoms with Crippen LogP contribution in [0, 0.1) is 35.5 Å². The van der Waals surface area contributed by atoms with Crippen molar-refractivity contribution in [1.82, 2.24) is 83.7 Å². The van der Waals surface area contributed by atoms with Crippen molar-refractivity contribution in [2.75, 3.05) is 249 Å². The molecule has 143 heavy (non-hydrogen) atoms. The summed E-state index contributed by atoms with van der Waals surface area (Å²) >= 11 is 0. The van der Waals surface area contributed by atoms with Crippen LogP contribution in [0.15, 0.2) is 60.7 Å². The Hall–Kier alpha value is -10.9. The Bertz CT molecular complexity index is 4870. The van der Waals surface area contributed by atoms with E-state index in [4.69, 9.17) is 45.3 Å². The number of piperazine rings is 2. The number of piperidine rings is 8. The molecule has 15 aliphatic heterocycles. The maximum atomic E-state index is 13.0. The van der Waals surface area contributed by atoms with Crippen molar-refractivity contribution in [3.8, 4) is 0 Å². The van der Waals surface area contributed by atoms with Crippen LogP contribution >= 0.6 is 0 Å². The Morgan fingerprint density at radius 3 is 0.874 bits per heavy atom. The molecule has 0 saturated carbocycles. The summed E-state index contributed by atoms with van der Waals surface area (Å²) in [5.41, 5.74) is 12.4. The minimum absolute atomic E-state index is 0.0462. The largest absolute Gasteiger partial charge is 0.480 e. The molecule has 0 radical (unpaired) electrons. The van der Waals surface area contributed by atoms with Gasteiger partial charge in [0.15, 0.2) is 0 Å². The molecule has 0 spiro atoms. The summed E-state index contributed by atoms with van der Waals surface area (Å²) in [4.78, 5) is 167. The highest BCUT2D eigenvalue weighted by Gasteiger charge is 2.39. The lowest BCUT2D eigenvalue weighted by Gasteiger charge is -2.39. The molecule has 0 bridgehead atoms. The molecule has 5 aromatic heterocycles. The van der Waals surface area contributed by atoms with Crippen molar-refractivity contribution < 1.29 is 68.4 Å². The molecule has 36 nitrogen and oxygen atoms in total. The zero-order chi connectivity index (χ0) is 99.7. The molecule has 36 heteroatoms. The maximum Gasteiger partial charge on any atom is 0.320 e. The van der Waals surface area contributed by atoms with E-state index in [9.17, 15) is 47.9 Å². The minimum Gasteiger partial charge on any atom is -0.480 e. The Labute approximate surface area is 842 Å². The van der Waals surface area contributed by atoms with Gasteiger partial charge in [-0.25, -0.2) is 34.5 Å². The van der Waals surface area contributed by atoms with Crippen LogP contribution in [-0.4, -0.2) is 386 Å². The fourth-order valence-electron chi connectivity index (χ4n) is 23.8. The zero-order valence-corrected chi connectivity index (χ0v) is 84.4. The molecule has 20 rings (SSSR count). The van der Waals surface area contributed by atoms with E-state index in [0.29, 0.717) is 115 Å². The van der Waals surface area contributed by atoms with Crippen molar-refractivity contribution in [1.29, 1.82) is 0 Å². The molecule has 1 atom stereocenters. The average molecular weight is 1970 g/mol. The third-order valence-corrected chi connectivity index (χ3v) is 32.2. The number of carboxylic acid groups (broad SMARTS) is 4. The van der Waals surface area contributed by atoms with Crippen LogP contribution in [0.1, 0.15) is 210 Å². The third kappa shape index (κ3) is 30.1. The van der Waals surface area contributed by atoms with Crippen LogP contribution in [-0.2, 0) is 89.7 Å². The molecule has 10 fully saturated rings. The van der Waals surface area contributed by atoms with Gasteiger partial charge in [-0.05, 0) is 308 Å². The normalized spacial score (nSPS) is 21.7. The number of hydrogen-bond donors (Lipinski definition) is 9. The second kappa shape index (κ2) is 51.7. The summed E-state index contributed by atoms with van der Waals surface area (Å²) in [6.45, 7) is 25.2. The number of fused-ring (bicyclic) bond motifs is 5. The van der Waals surface area contributed by atoms with E-state index in [1.807, 2.05) is 49.0 Å². The van der Waals surface area contributed by atoms with Gasteiger partial charge in [0.2, 0.25) is 17.7 Å². The van der Waals surface area contributed by atoms with Crippen molar-refractivity contribution in [2.45, 2.75) is 205 Å². The molecule has 0 aliphatic carbocycles. The number of aromatic nitrogens is 5. The number of anilines is 5. The second-order valence-corrected chi connectivity index (χ2v) is 42.6. The second-order valence-electron chi connectivity index (χ2n) is 42.6. The van der Waals surface area contributed by atoms with Crippen molar-refractivity contribution in [2.24, 2.45) is 35.5 Å². The van der Waals surface area contributed by atoms with Crippen molar-refractivity contribution in [3.63, 3.8) is 0 Å². The van der Waals surface area contributed by atoms with E-state index in [1.54, 1.807) is 6.92 Å². The molecular formula is C107H156N22O14. The summed E-state index contributed by atoms with van der Waals surface area (Å²) < 4.78 is 0. The number of ketones is 1. The molecule has 10 saturated heterocycles. The van der Waals surface area contributed by atoms with Crippen LogP contribution < -0.4 is 26.6 Å². The van der Waals surface area contributed by atoms with Gasteiger partial charge in [-0.1, -0.05) is 30.3 Å². The number of Topliss-reactive ketones (excluding diaryl/α,β-unsaturated/α-hetero) is 1. The lowest BCUT2D eigenvalue weighted by atomic mass is 9.89. The number of urea groups is 2. The number of carboxylic acids is 4. The van der Waals surface area contributed by atoms with Gasteiger partial charge >= 0.3 is 35.9 Å². The van der Waals surface area contributed by atoms with Crippen LogP contribution in [0.25, 0.3) is 0 Å². The number of carbonyl (C=O) groups is 10. The number of carbonyl (C=O) groups excluding carboxylic acids is 6. The summed E-state index contributed by atoms with van der Waals surface area (Å²) in [7, 11) is 0. The number of aryl methyl sites for hydroxylation is 5. The van der Waals surface area contributed by atoms with E-state index in [1.165, 1.54) is 59.9 Å². The molecule has 1 unspecified atom stereocenters. The van der Waals surface area contributed by atoms with Gasteiger partial charge in [-0.15, -0.1) is 0 Å². The smallest absolute Gasteiger partial charge is 0.320 e.